The van der Waals surface area contributed by atoms with Crippen molar-refractivity contribution in [1.29, 1.82) is 0 Å². The molecule has 0 unspecified atom stereocenters. The number of rotatable bonds is 4. The SMILES string of the molecule is Cc1cc(C)[n+](CCC[n+]2c(C)cc(C)n2C)n1C. The standard InChI is InChI=1S/C15H26N4/c1-12-10-14(3)18(16(12)5)8-7-9-19-15(4)11-13(2)17(19)6/h10-11H,7-9H2,1-6H3/q+2. The van der Waals surface area contributed by atoms with Crippen molar-refractivity contribution in [2.75, 3.05) is 0 Å². The van der Waals surface area contributed by atoms with Crippen LogP contribution in [0.15, 0.2) is 12.1 Å². The van der Waals surface area contributed by atoms with Crippen molar-refractivity contribution in [2.45, 2.75) is 47.2 Å². The number of aryl methyl sites for hydroxylation is 4. The van der Waals surface area contributed by atoms with Gasteiger partial charge in [-0.1, -0.05) is 0 Å². The number of nitrogens with zero attached hydrogens (tertiary/aromatic N) is 4. The molecule has 0 amide bonds. The van der Waals surface area contributed by atoms with Gasteiger partial charge in [-0.05, 0) is 13.8 Å². The third-order valence-corrected chi connectivity index (χ3v) is 4.13. The molecular formula is C15H26N4+2. The van der Waals surface area contributed by atoms with Crippen LogP contribution in [0, 0.1) is 27.7 Å². The Balaban J connectivity index is 2.04. The molecule has 0 radical (unpaired) electrons. The Hall–Kier alpha value is -1.58. The second kappa shape index (κ2) is 5.19. The van der Waals surface area contributed by atoms with Crippen LogP contribution in [-0.4, -0.2) is 9.36 Å². The van der Waals surface area contributed by atoms with Gasteiger partial charge in [0.05, 0.1) is 31.9 Å². The third-order valence-electron chi connectivity index (χ3n) is 4.13. The number of hydrogen-bond acceptors (Lipinski definition) is 0. The molecule has 0 aliphatic rings. The van der Waals surface area contributed by atoms with Crippen molar-refractivity contribution < 1.29 is 9.36 Å². The molecule has 19 heavy (non-hydrogen) atoms. The van der Waals surface area contributed by atoms with Gasteiger partial charge in [0, 0.05) is 26.0 Å². The topological polar surface area (TPSA) is 17.6 Å². The van der Waals surface area contributed by atoms with E-state index >= 15 is 0 Å². The molecule has 4 heteroatoms. The van der Waals surface area contributed by atoms with Gasteiger partial charge < -0.3 is 0 Å². The molecule has 2 heterocycles. The molecule has 4 nitrogen and oxygen atoms in total. The summed E-state index contributed by atoms with van der Waals surface area (Å²) in [6, 6.07) is 4.48. The van der Waals surface area contributed by atoms with Gasteiger partial charge >= 0.3 is 0 Å². The molecule has 0 aliphatic carbocycles. The number of aromatic nitrogens is 4. The van der Waals surface area contributed by atoms with E-state index in [1.807, 2.05) is 0 Å². The fourth-order valence-electron chi connectivity index (χ4n) is 2.82. The predicted molar refractivity (Wildman–Crippen MR) is 74.8 cm³/mol. The Morgan fingerprint density at radius 1 is 0.789 bits per heavy atom. The summed E-state index contributed by atoms with van der Waals surface area (Å²) in [7, 11) is 4.26. The van der Waals surface area contributed by atoms with Crippen molar-refractivity contribution in [1.82, 2.24) is 9.36 Å². The average Bonchev–Trinajstić information content (AvgIpc) is 2.72. The van der Waals surface area contributed by atoms with Gasteiger partial charge in [-0.3, -0.25) is 0 Å². The van der Waals surface area contributed by atoms with Crippen LogP contribution in [0.4, 0.5) is 0 Å². The Kier molecular flexibility index (Phi) is 3.78. The van der Waals surface area contributed by atoms with E-state index in [-0.39, 0.29) is 0 Å². The lowest BCUT2D eigenvalue weighted by Gasteiger charge is -2.01. The van der Waals surface area contributed by atoms with Crippen LogP contribution in [0.2, 0.25) is 0 Å². The van der Waals surface area contributed by atoms with E-state index in [2.05, 4.69) is 72.7 Å². The zero-order valence-electron chi connectivity index (χ0n) is 13.1. The summed E-state index contributed by atoms with van der Waals surface area (Å²) in [6.45, 7) is 10.8. The molecule has 2 aromatic heterocycles. The van der Waals surface area contributed by atoms with Crippen molar-refractivity contribution in [2.24, 2.45) is 14.1 Å². The van der Waals surface area contributed by atoms with Crippen LogP contribution >= 0.6 is 0 Å². The zero-order valence-corrected chi connectivity index (χ0v) is 13.1. The van der Waals surface area contributed by atoms with E-state index in [4.69, 9.17) is 0 Å². The third kappa shape index (κ3) is 2.57. The lowest BCUT2D eigenvalue weighted by Crippen LogP contribution is -2.49. The Morgan fingerprint density at radius 3 is 1.42 bits per heavy atom. The van der Waals surface area contributed by atoms with Gasteiger partial charge in [-0.25, -0.2) is 0 Å². The minimum absolute atomic E-state index is 1.06. The van der Waals surface area contributed by atoms with Crippen LogP contribution in [-0.2, 0) is 27.2 Å². The van der Waals surface area contributed by atoms with E-state index in [0.717, 1.165) is 19.5 Å². The first-order valence-corrected chi connectivity index (χ1v) is 6.98. The van der Waals surface area contributed by atoms with Gasteiger partial charge in [0.1, 0.15) is 0 Å². The van der Waals surface area contributed by atoms with E-state index < -0.39 is 0 Å². The molecule has 0 saturated carbocycles. The van der Waals surface area contributed by atoms with Crippen molar-refractivity contribution >= 4 is 0 Å². The highest BCUT2D eigenvalue weighted by atomic mass is 15.4. The highest BCUT2D eigenvalue weighted by Crippen LogP contribution is 2.00. The van der Waals surface area contributed by atoms with Gasteiger partial charge in [0.25, 0.3) is 0 Å². The normalized spacial score (nSPS) is 11.3. The molecule has 0 bridgehead atoms. The molecule has 0 N–H and O–H groups in total. The molecular weight excluding hydrogens is 236 g/mol. The summed E-state index contributed by atoms with van der Waals surface area (Å²) in [6.07, 6.45) is 1.14. The van der Waals surface area contributed by atoms with E-state index in [1.54, 1.807) is 0 Å². The van der Waals surface area contributed by atoms with Crippen LogP contribution in [0.5, 0.6) is 0 Å². The van der Waals surface area contributed by atoms with Crippen molar-refractivity contribution in [3.63, 3.8) is 0 Å². The lowest BCUT2D eigenvalue weighted by molar-refractivity contribution is -0.804. The Labute approximate surface area is 115 Å². The average molecular weight is 262 g/mol. The molecule has 0 saturated heterocycles. The van der Waals surface area contributed by atoms with Gasteiger partial charge in [0.15, 0.2) is 13.1 Å². The second-order valence-corrected chi connectivity index (χ2v) is 5.50. The summed E-state index contributed by atoms with van der Waals surface area (Å²) >= 11 is 0. The van der Waals surface area contributed by atoms with E-state index in [1.165, 1.54) is 22.8 Å². The first-order chi connectivity index (χ1) is 8.91. The van der Waals surface area contributed by atoms with Crippen LogP contribution in [0.3, 0.4) is 0 Å². The quantitative estimate of drug-likeness (QED) is 0.739. The molecule has 0 aliphatic heterocycles. The molecule has 2 rings (SSSR count). The Morgan fingerprint density at radius 2 is 1.16 bits per heavy atom. The number of hydrogen-bond donors (Lipinski definition) is 0. The maximum absolute atomic E-state index is 2.35. The highest BCUT2D eigenvalue weighted by Gasteiger charge is 2.18. The molecule has 0 aromatic carbocycles. The van der Waals surface area contributed by atoms with E-state index in [9.17, 15) is 0 Å². The van der Waals surface area contributed by atoms with E-state index in [0.29, 0.717) is 0 Å². The minimum atomic E-state index is 1.06. The summed E-state index contributed by atoms with van der Waals surface area (Å²) in [5, 5.41) is 0. The smallest absolute Gasteiger partial charge is 0.161 e. The van der Waals surface area contributed by atoms with Gasteiger partial charge in [-0.2, -0.15) is 9.36 Å². The molecule has 0 atom stereocenters. The predicted octanol–water partition coefficient (Wildman–Crippen LogP) is 1.26. The van der Waals surface area contributed by atoms with Crippen LogP contribution in [0.1, 0.15) is 29.2 Å². The zero-order chi connectivity index (χ0) is 14.2. The van der Waals surface area contributed by atoms with Gasteiger partial charge in [0.2, 0.25) is 11.4 Å². The van der Waals surface area contributed by atoms with Crippen LogP contribution in [0.25, 0.3) is 0 Å². The summed E-state index contributed by atoms with van der Waals surface area (Å²) in [5.41, 5.74) is 5.31. The molecule has 0 spiro atoms. The maximum Gasteiger partial charge on any atom is 0.205 e. The molecule has 0 fully saturated rings. The summed E-state index contributed by atoms with van der Waals surface area (Å²) in [5.74, 6) is 0. The molecule has 104 valence electrons. The molecule has 2 aromatic rings. The highest BCUT2D eigenvalue weighted by molar-refractivity contribution is 5.01. The maximum atomic E-state index is 2.35. The fraction of sp³-hybridized carbons (Fsp3) is 0.600. The fourth-order valence-corrected chi connectivity index (χ4v) is 2.82. The summed E-state index contributed by atoms with van der Waals surface area (Å²) < 4.78 is 9.17. The second-order valence-electron chi connectivity index (χ2n) is 5.50. The van der Waals surface area contributed by atoms with Crippen molar-refractivity contribution in [3.05, 3.63) is 34.9 Å². The summed E-state index contributed by atoms with van der Waals surface area (Å²) in [4.78, 5) is 0. The Bertz CT molecular complexity index is 538. The van der Waals surface area contributed by atoms with Crippen molar-refractivity contribution in [3.8, 4) is 0 Å². The first kappa shape index (κ1) is 13.8. The lowest BCUT2D eigenvalue weighted by atomic mass is 10.3. The monoisotopic (exact) mass is 262 g/mol. The minimum Gasteiger partial charge on any atom is -0.161 e. The first-order valence-electron chi connectivity index (χ1n) is 6.98. The largest absolute Gasteiger partial charge is 0.205 e. The van der Waals surface area contributed by atoms with Gasteiger partial charge in [-0.15, -0.1) is 9.36 Å². The van der Waals surface area contributed by atoms with Crippen LogP contribution < -0.4 is 9.36 Å².